The van der Waals surface area contributed by atoms with E-state index in [1.165, 1.54) is 0 Å². The van der Waals surface area contributed by atoms with Gasteiger partial charge in [0.1, 0.15) is 5.69 Å². The van der Waals surface area contributed by atoms with Crippen molar-refractivity contribution < 1.29 is 9.00 Å². The maximum absolute atomic E-state index is 13.2. The van der Waals surface area contributed by atoms with Crippen molar-refractivity contribution in [3.8, 4) is 0 Å². The number of rotatable bonds is 1. The van der Waals surface area contributed by atoms with E-state index >= 15 is 0 Å². The second kappa shape index (κ2) is 6.05. The highest BCUT2D eigenvalue weighted by Crippen LogP contribution is 2.39. The number of hydrogen-bond acceptors (Lipinski definition) is 5. The average Bonchev–Trinajstić information content (AvgIpc) is 3.03. The van der Waals surface area contributed by atoms with Crippen LogP contribution in [-0.4, -0.2) is 55.6 Å². The van der Waals surface area contributed by atoms with E-state index in [0.717, 1.165) is 36.6 Å². The molecular formula is C18H22N4O2S. The van der Waals surface area contributed by atoms with Crippen LogP contribution in [0.5, 0.6) is 0 Å². The second-order valence-corrected chi connectivity index (χ2v) is 9.56. The van der Waals surface area contributed by atoms with E-state index in [-0.39, 0.29) is 11.4 Å². The second-order valence-electron chi connectivity index (χ2n) is 6.96. The molecule has 7 heteroatoms. The fourth-order valence-electron chi connectivity index (χ4n) is 4.23. The molecule has 1 amide bonds. The van der Waals surface area contributed by atoms with Crippen LogP contribution in [0.2, 0.25) is 0 Å². The Morgan fingerprint density at radius 3 is 2.96 bits per heavy atom. The molecule has 0 saturated carbocycles. The number of fused-ring (bicyclic) bond motifs is 1. The first-order valence-electron chi connectivity index (χ1n) is 8.69. The molecular weight excluding hydrogens is 336 g/mol. The van der Waals surface area contributed by atoms with Gasteiger partial charge < -0.3 is 4.90 Å². The number of carbonyl (C=O) groups is 1. The number of nitrogens with zero attached hydrogens (tertiary/aromatic N) is 4. The van der Waals surface area contributed by atoms with Crippen molar-refractivity contribution in [1.29, 1.82) is 0 Å². The van der Waals surface area contributed by atoms with Gasteiger partial charge >= 0.3 is 0 Å². The Balaban J connectivity index is 1.69. The monoisotopic (exact) mass is 358 g/mol. The summed E-state index contributed by atoms with van der Waals surface area (Å²) in [5.41, 5.74) is 0.899. The van der Waals surface area contributed by atoms with Crippen LogP contribution in [0.25, 0.3) is 10.9 Å². The van der Waals surface area contributed by atoms with Crippen LogP contribution in [0.1, 0.15) is 36.2 Å². The standard InChI is InChI=1S/C18H22N4O2S/c1-19-25(24)11-3-8-18(13-25)7-2-10-22(18)17(23)16-5-4-14-12-20-9-6-15(14)21-16/h4-6,9,12H,2-3,7-8,10-11,13H2,1H3. The third-order valence-electron chi connectivity index (χ3n) is 5.48. The van der Waals surface area contributed by atoms with Gasteiger partial charge in [-0.05, 0) is 43.9 Å². The molecule has 0 radical (unpaired) electrons. The lowest BCUT2D eigenvalue weighted by molar-refractivity contribution is 0.0603. The van der Waals surface area contributed by atoms with Crippen molar-refractivity contribution in [2.75, 3.05) is 25.1 Å². The molecule has 2 aromatic heterocycles. The van der Waals surface area contributed by atoms with Crippen molar-refractivity contribution in [3.63, 3.8) is 0 Å². The summed E-state index contributed by atoms with van der Waals surface area (Å²) < 4.78 is 17.1. The minimum Gasteiger partial charge on any atom is -0.331 e. The molecule has 2 aliphatic rings. The van der Waals surface area contributed by atoms with Crippen molar-refractivity contribution in [2.45, 2.75) is 31.2 Å². The third-order valence-corrected chi connectivity index (χ3v) is 8.06. The summed E-state index contributed by atoms with van der Waals surface area (Å²) in [6.45, 7) is 0.703. The number of aromatic nitrogens is 2. The van der Waals surface area contributed by atoms with Crippen LogP contribution < -0.4 is 0 Å². The van der Waals surface area contributed by atoms with Gasteiger partial charge in [0.25, 0.3) is 5.91 Å². The number of pyridine rings is 2. The van der Waals surface area contributed by atoms with E-state index in [2.05, 4.69) is 14.3 Å². The summed E-state index contributed by atoms with van der Waals surface area (Å²) in [7, 11) is -0.561. The summed E-state index contributed by atoms with van der Waals surface area (Å²) in [6.07, 6.45) is 7.04. The molecule has 6 nitrogen and oxygen atoms in total. The topological polar surface area (TPSA) is 75.5 Å². The van der Waals surface area contributed by atoms with E-state index in [1.54, 1.807) is 25.5 Å². The van der Waals surface area contributed by atoms with Crippen LogP contribution in [-0.2, 0) is 9.73 Å². The van der Waals surface area contributed by atoms with E-state index in [0.29, 0.717) is 23.7 Å². The van der Waals surface area contributed by atoms with Crippen LogP contribution in [0, 0.1) is 0 Å². The molecule has 2 unspecified atom stereocenters. The zero-order valence-electron chi connectivity index (χ0n) is 14.4. The van der Waals surface area contributed by atoms with Gasteiger partial charge in [-0.2, -0.15) is 0 Å². The maximum Gasteiger partial charge on any atom is 0.272 e. The smallest absolute Gasteiger partial charge is 0.272 e. The summed E-state index contributed by atoms with van der Waals surface area (Å²) in [4.78, 5) is 23.7. The third kappa shape index (κ3) is 2.80. The Labute approximate surface area is 147 Å². The lowest BCUT2D eigenvalue weighted by Crippen LogP contribution is -2.54. The molecule has 2 fully saturated rings. The van der Waals surface area contributed by atoms with Gasteiger partial charge in [0, 0.05) is 46.9 Å². The first-order valence-corrected chi connectivity index (χ1v) is 10.5. The molecule has 2 aliphatic heterocycles. The zero-order chi connectivity index (χ0) is 17.5. The summed E-state index contributed by atoms with van der Waals surface area (Å²) in [5, 5.41) is 0.917. The fraction of sp³-hybridized carbons (Fsp3) is 0.500. The van der Waals surface area contributed by atoms with Crippen molar-refractivity contribution >= 4 is 26.5 Å². The molecule has 25 heavy (non-hydrogen) atoms. The first kappa shape index (κ1) is 16.4. The summed E-state index contributed by atoms with van der Waals surface area (Å²) in [6, 6.07) is 5.47. The quantitative estimate of drug-likeness (QED) is 0.785. The largest absolute Gasteiger partial charge is 0.331 e. The van der Waals surface area contributed by atoms with Gasteiger partial charge in [-0.15, -0.1) is 0 Å². The Morgan fingerprint density at radius 1 is 1.28 bits per heavy atom. The molecule has 0 N–H and O–H groups in total. The van der Waals surface area contributed by atoms with Crippen LogP contribution in [0.15, 0.2) is 35.0 Å². The molecule has 0 bridgehead atoms. The number of carbonyl (C=O) groups excluding carboxylic acids is 1. The SMILES string of the molecule is CN=S1(=O)CCCC2(CCCN2C(=O)c2ccc3cnccc3n2)C1. The van der Waals surface area contributed by atoms with Gasteiger partial charge in [-0.25, -0.2) is 13.6 Å². The van der Waals surface area contributed by atoms with E-state index in [1.807, 2.05) is 17.0 Å². The maximum atomic E-state index is 13.2. The Hall–Kier alpha value is -2.02. The molecule has 2 atom stereocenters. The fourth-order valence-corrected chi connectivity index (χ4v) is 6.57. The Kier molecular flexibility index (Phi) is 3.98. The van der Waals surface area contributed by atoms with Crippen LogP contribution in [0.3, 0.4) is 0 Å². The zero-order valence-corrected chi connectivity index (χ0v) is 15.2. The first-order chi connectivity index (χ1) is 12.1. The van der Waals surface area contributed by atoms with Gasteiger partial charge in [0.2, 0.25) is 0 Å². The lowest BCUT2D eigenvalue weighted by atomic mass is 9.92. The van der Waals surface area contributed by atoms with Gasteiger partial charge in [-0.1, -0.05) is 0 Å². The van der Waals surface area contributed by atoms with Gasteiger partial charge in [0.05, 0.1) is 16.8 Å². The highest BCUT2D eigenvalue weighted by molar-refractivity contribution is 7.93. The highest BCUT2D eigenvalue weighted by Gasteiger charge is 2.47. The summed E-state index contributed by atoms with van der Waals surface area (Å²) in [5.74, 6) is 1.09. The number of hydrogen-bond donors (Lipinski definition) is 0. The highest BCUT2D eigenvalue weighted by atomic mass is 32.2. The minimum absolute atomic E-state index is 0.0593. The Morgan fingerprint density at radius 2 is 2.12 bits per heavy atom. The van der Waals surface area contributed by atoms with Crippen molar-refractivity contribution in [3.05, 3.63) is 36.3 Å². The van der Waals surface area contributed by atoms with Crippen LogP contribution in [0.4, 0.5) is 0 Å². The van der Waals surface area contributed by atoms with Gasteiger partial charge in [-0.3, -0.25) is 9.78 Å². The lowest BCUT2D eigenvalue weighted by Gasteiger charge is -2.42. The normalized spacial score (nSPS) is 29.2. The predicted octanol–water partition coefficient (Wildman–Crippen LogP) is 2.50. The number of amides is 1. The Bertz CT molecular complexity index is 951. The van der Waals surface area contributed by atoms with E-state index in [9.17, 15) is 9.00 Å². The molecule has 1 spiro atoms. The molecule has 4 rings (SSSR count). The minimum atomic E-state index is -2.20. The van der Waals surface area contributed by atoms with Crippen LogP contribution >= 0.6 is 0 Å². The molecule has 0 aromatic carbocycles. The average molecular weight is 358 g/mol. The van der Waals surface area contributed by atoms with E-state index in [4.69, 9.17) is 0 Å². The molecule has 4 heterocycles. The molecule has 0 aliphatic carbocycles. The van der Waals surface area contributed by atoms with Gasteiger partial charge in [0.15, 0.2) is 0 Å². The summed E-state index contributed by atoms with van der Waals surface area (Å²) >= 11 is 0. The van der Waals surface area contributed by atoms with E-state index < -0.39 is 9.73 Å². The van der Waals surface area contributed by atoms with Crippen molar-refractivity contribution in [2.24, 2.45) is 4.36 Å². The van der Waals surface area contributed by atoms with Crippen molar-refractivity contribution in [1.82, 2.24) is 14.9 Å². The molecule has 2 saturated heterocycles. The number of likely N-dealkylation sites (tertiary alicyclic amines) is 1. The predicted molar refractivity (Wildman–Crippen MR) is 98.0 cm³/mol. The molecule has 132 valence electrons. The molecule has 2 aromatic rings.